The number of methoxy groups -OCH3 is 1. The van der Waals surface area contributed by atoms with Gasteiger partial charge in [0, 0.05) is 24.3 Å². The van der Waals surface area contributed by atoms with Crippen molar-refractivity contribution in [2.45, 2.75) is 13.5 Å². The maximum Gasteiger partial charge on any atom is 0.148 e. The van der Waals surface area contributed by atoms with Crippen LogP contribution in [-0.4, -0.2) is 43.2 Å². The molecule has 0 amide bonds. The van der Waals surface area contributed by atoms with Crippen LogP contribution in [0.2, 0.25) is 0 Å². The number of hydrogen-bond acceptors (Lipinski definition) is 6. The van der Waals surface area contributed by atoms with Crippen LogP contribution in [0.15, 0.2) is 36.4 Å². The van der Waals surface area contributed by atoms with Crippen LogP contribution in [0, 0.1) is 12.7 Å². The Morgan fingerprint density at radius 2 is 1.83 bits per heavy atom. The fraction of sp³-hybridized carbons (Fsp3) is 0.318. The van der Waals surface area contributed by atoms with Gasteiger partial charge in [0.15, 0.2) is 0 Å². The van der Waals surface area contributed by atoms with Gasteiger partial charge in [-0.25, -0.2) is 4.39 Å². The van der Waals surface area contributed by atoms with E-state index in [0.29, 0.717) is 66.9 Å². The lowest BCUT2D eigenvalue weighted by Gasteiger charge is -2.29. The minimum Gasteiger partial charge on any atom is -0.497 e. The molecule has 1 fully saturated rings. The third kappa shape index (κ3) is 3.78. The van der Waals surface area contributed by atoms with Crippen molar-refractivity contribution < 1.29 is 13.9 Å². The Balaban J connectivity index is 1.76. The smallest absolute Gasteiger partial charge is 0.148 e. The molecule has 1 aliphatic rings. The molecule has 0 unspecified atom stereocenters. The summed E-state index contributed by atoms with van der Waals surface area (Å²) in [6, 6.07) is 10.9. The fourth-order valence-corrected chi connectivity index (χ4v) is 3.73. The van der Waals surface area contributed by atoms with Gasteiger partial charge in [-0.1, -0.05) is 12.1 Å². The van der Waals surface area contributed by atoms with Crippen molar-refractivity contribution in [3.8, 4) is 17.0 Å². The summed E-state index contributed by atoms with van der Waals surface area (Å²) in [4.78, 5) is 1.97. The number of rotatable bonds is 5. The maximum atomic E-state index is 14.7. The molecule has 0 bridgehead atoms. The molecule has 4 rings (SSSR count). The van der Waals surface area contributed by atoms with E-state index in [1.54, 1.807) is 13.2 Å². The average molecular weight is 411 g/mol. The summed E-state index contributed by atoms with van der Waals surface area (Å²) in [7, 11) is 1.63. The van der Waals surface area contributed by atoms with Gasteiger partial charge in [-0.05, 0) is 36.8 Å². The van der Waals surface area contributed by atoms with Crippen LogP contribution in [-0.2, 0) is 11.3 Å². The van der Waals surface area contributed by atoms with Crippen molar-refractivity contribution in [2.24, 2.45) is 0 Å². The largest absolute Gasteiger partial charge is 0.497 e. The molecule has 0 atom stereocenters. The summed E-state index contributed by atoms with van der Waals surface area (Å²) in [5.41, 5.74) is 17.1. The quantitative estimate of drug-likeness (QED) is 0.627. The number of benzene rings is 2. The molecule has 1 aromatic heterocycles. The number of nitrogens with two attached hydrogens (primary N) is 2. The molecular formula is C22H26FN5O2. The highest BCUT2D eigenvalue weighted by atomic mass is 19.1. The van der Waals surface area contributed by atoms with E-state index in [1.165, 1.54) is 6.07 Å². The topological polar surface area (TPSA) is 91.6 Å². The fourth-order valence-electron chi connectivity index (χ4n) is 3.73. The van der Waals surface area contributed by atoms with Crippen molar-refractivity contribution in [3.63, 3.8) is 0 Å². The Labute approximate surface area is 175 Å². The lowest BCUT2D eigenvalue weighted by atomic mass is 10.0. The molecule has 4 N–H and O–H groups in total. The number of aromatic nitrogens is 2. The lowest BCUT2D eigenvalue weighted by molar-refractivity contribution is 0.122. The van der Waals surface area contributed by atoms with E-state index in [1.807, 2.05) is 40.8 Å². The van der Waals surface area contributed by atoms with Crippen LogP contribution in [0.5, 0.6) is 5.75 Å². The number of nitrogen functional groups attached to an aromatic ring is 2. The molecule has 0 saturated carbocycles. The van der Waals surface area contributed by atoms with Crippen LogP contribution in [0.1, 0.15) is 11.3 Å². The molecule has 2 heterocycles. The molecule has 7 nitrogen and oxygen atoms in total. The Kier molecular flexibility index (Phi) is 5.50. The Morgan fingerprint density at radius 1 is 1.13 bits per heavy atom. The second-order valence-corrected chi connectivity index (χ2v) is 7.34. The van der Waals surface area contributed by atoms with Crippen LogP contribution in [0.25, 0.3) is 11.3 Å². The third-order valence-electron chi connectivity index (χ3n) is 5.39. The van der Waals surface area contributed by atoms with E-state index in [-0.39, 0.29) is 5.82 Å². The zero-order valence-corrected chi connectivity index (χ0v) is 17.2. The second-order valence-electron chi connectivity index (χ2n) is 7.34. The summed E-state index contributed by atoms with van der Waals surface area (Å²) < 4.78 is 27.2. The van der Waals surface area contributed by atoms with Crippen LogP contribution >= 0.6 is 0 Å². The van der Waals surface area contributed by atoms with E-state index in [2.05, 4.69) is 5.10 Å². The molecule has 158 valence electrons. The Bertz CT molecular complexity index is 1040. The Hall–Kier alpha value is -3.26. The molecule has 3 aromatic rings. The number of hydrogen-bond donors (Lipinski definition) is 2. The van der Waals surface area contributed by atoms with Crippen LogP contribution < -0.4 is 21.1 Å². The predicted molar refractivity (Wildman–Crippen MR) is 116 cm³/mol. The molecule has 1 aliphatic heterocycles. The molecule has 1 saturated heterocycles. The average Bonchev–Trinajstić information content (AvgIpc) is 3.02. The van der Waals surface area contributed by atoms with Gasteiger partial charge in [0.25, 0.3) is 0 Å². The first-order valence-corrected chi connectivity index (χ1v) is 9.86. The summed E-state index contributed by atoms with van der Waals surface area (Å²) >= 11 is 0. The van der Waals surface area contributed by atoms with Crippen molar-refractivity contribution in [1.29, 1.82) is 0 Å². The SMILES string of the molecule is COc1ccc(Cn2nc(C)c(N)c2-c2cc(N3CCOCC3)c(F)cc2N)cc1. The normalized spacial score (nSPS) is 14.2. The summed E-state index contributed by atoms with van der Waals surface area (Å²) in [6.45, 7) is 4.73. The maximum absolute atomic E-state index is 14.7. The monoisotopic (exact) mass is 411 g/mol. The number of morpholine rings is 1. The number of nitrogens with zero attached hydrogens (tertiary/aromatic N) is 3. The van der Waals surface area contributed by atoms with Gasteiger partial charge in [0.2, 0.25) is 0 Å². The van der Waals surface area contributed by atoms with Gasteiger partial charge in [0.05, 0.1) is 49.6 Å². The number of anilines is 3. The summed E-state index contributed by atoms with van der Waals surface area (Å²) in [6.07, 6.45) is 0. The minimum absolute atomic E-state index is 0.326. The minimum atomic E-state index is -0.352. The van der Waals surface area contributed by atoms with Crippen LogP contribution in [0.3, 0.4) is 0 Å². The second kappa shape index (κ2) is 8.23. The molecule has 0 aliphatic carbocycles. The highest BCUT2D eigenvalue weighted by molar-refractivity contribution is 5.85. The van der Waals surface area contributed by atoms with Crippen molar-refractivity contribution >= 4 is 17.1 Å². The highest BCUT2D eigenvalue weighted by Gasteiger charge is 2.22. The van der Waals surface area contributed by atoms with Crippen molar-refractivity contribution in [1.82, 2.24) is 9.78 Å². The van der Waals surface area contributed by atoms with E-state index in [0.717, 1.165) is 11.3 Å². The molecule has 0 radical (unpaired) electrons. The molecule has 2 aromatic carbocycles. The number of aryl methyl sites for hydroxylation is 1. The predicted octanol–water partition coefficient (Wildman–Crippen LogP) is 3.06. The Morgan fingerprint density at radius 3 is 2.50 bits per heavy atom. The lowest BCUT2D eigenvalue weighted by Crippen LogP contribution is -2.36. The van der Waals surface area contributed by atoms with Crippen LogP contribution in [0.4, 0.5) is 21.5 Å². The molecule has 30 heavy (non-hydrogen) atoms. The molecule has 8 heteroatoms. The van der Waals surface area contributed by atoms with Gasteiger partial charge < -0.3 is 25.8 Å². The highest BCUT2D eigenvalue weighted by Crippen LogP contribution is 2.37. The zero-order valence-electron chi connectivity index (χ0n) is 17.2. The number of ether oxygens (including phenoxy) is 2. The molecule has 0 spiro atoms. The van der Waals surface area contributed by atoms with Gasteiger partial charge in [-0.15, -0.1) is 0 Å². The van der Waals surface area contributed by atoms with Gasteiger partial charge in [-0.3, -0.25) is 4.68 Å². The first-order valence-electron chi connectivity index (χ1n) is 9.86. The number of halogens is 1. The van der Waals surface area contributed by atoms with Crippen molar-refractivity contribution in [2.75, 3.05) is 49.8 Å². The van der Waals surface area contributed by atoms with Gasteiger partial charge in [0.1, 0.15) is 11.6 Å². The van der Waals surface area contributed by atoms with Gasteiger partial charge in [-0.2, -0.15) is 5.10 Å². The standard InChI is InChI=1S/C22H26FN5O2/c1-14-21(25)22(28(26-14)13-15-3-5-16(29-2)6-4-15)17-11-20(18(23)12-19(17)24)27-7-9-30-10-8-27/h3-6,11-12H,7-10,13,24-25H2,1-2H3. The van der Waals surface area contributed by atoms with E-state index < -0.39 is 0 Å². The van der Waals surface area contributed by atoms with Gasteiger partial charge >= 0.3 is 0 Å². The van der Waals surface area contributed by atoms with E-state index >= 15 is 0 Å². The van der Waals surface area contributed by atoms with Crippen molar-refractivity contribution in [3.05, 3.63) is 53.5 Å². The van der Waals surface area contributed by atoms with E-state index in [4.69, 9.17) is 20.9 Å². The zero-order chi connectivity index (χ0) is 21.3. The third-order valence-corrected chi connectivity index (χ3v) is 5.39. The first-order chi connectivity index (χ1) is 14.5. The van der Waals surface area contributed by atoms with E-state index in [9.17, 15) is 4.39 Å². The molecular weight excluding hydrogens is 385 g/mol. The first kappa shape index (κ1) is 20.0. The summed E-state index contributed by atoms with van der Waals surface area (Å²) in [5.74, 6) is 0.433. The summed E-state index contributed by atoms with van der Waals surface area (Å²) in [5, 5.41) is 4.61.